The predicted octanol–water partition coefficient (Wildman–Crippen LogP) is 2.54. The van der Waals surface area contributed by atoms with Gasteiger partial charge in [-0.1, -0.05) is 13.0 Å². The molecule has 1 amide bonds. The summed E-state index contributed by atoms with van der Waals surface area (Å²) in [6.45, 7) is 14.8. The third-order valence-electron chi connectivity index (χ3n) is 3.41. The van der Waals surface area contributed by atoms with Crippen molar-refractivity contribution >= 4 is 6.09 Å². The van der Waals surface area contributed by atoms with Gasteiger partial charge in [0.15, 0.2) is 0 Å². The minimum atomic E-state index is -0.797. The van der Waals surface area contributed by atoms with E-state index in [0.717, 1.165) is 0 Å². The van der Waals surface area contributed by atoms with E-state index in [2.05, 4.69) is 6.58 Å². The Morgan fingerprint density at radius 3 is 2.55 bits per heavy atom. The maximum absolute atomic E-state index is 12.4. The van der Waals surface area contributed by atoms with E-state index >= 15 is 0 Å². The van der Waals surface area contributed by atoms with E-state index in [4.69, 9.17) is 9.47 Å². The fraction of sp³-hybridized carbons (Fsp3) is 0.800. The van der Waals surface area contributed by atoms with Gasteiger partial charge in [-0.15, -0.1) is 6.58 Å². The van der Waals surface area contributed by atoms with E-state index < -0.39 is 29.6 Å². The monoisotopic (exact) mass is 285 g/mol. The molecule has 0 saturated carbocycles. The van der Waals surface area contributed by atoms with Crippen molar-refractivity contribution in [2.75, 3.05) is 6.61 Å². The molecule has 3 atom stereocenters. The highest BCUT2D eigenvalue weighted by Crippen LogP contribution is 2.32. The minimum Gasteiger partial charge on any atom is -0.444 e. The Kier molecular flexibility index (Phi) is 4.87. The Morgan fingerprint density at radius 1 is 1.55 bits per heavy atom. The highest BCUT2D eigenvalue weighted by atomic mass is 16.6. The maximum Gasteiger partial charge on any atom is 0.412 e. The Hall–Kier alpha value is -1.07. The van der Waals surface area contributed by atoms with Crippen molar-refractivity contribution in [3.8, 4) is 0 Å². The molecule has 0 radical (unpaired) electrons. The van der Waals surface area contributed by atoms with Crippen LogP contribution in [0.25, 0.3) is 0 Å². The minimum absolute atomic E-state index is 0.137. The highest BCUT2D eigenvalue weighted by Gasteiger charge is 2.48. The Bertz CT molecular complexity index is 373. The summed E-state index contributed by atoms with van der Waals surface area (Å²) >= 11 is 0. The van der Waals surface area contributed by atoms with Crippen LogP contribution in [0, 0.1) is 5.92 Å². The number of hydrogen-bond donors (Lipinski definition) is 1. The van der Waals surface area contributed by atoms with Gasteiger partial charge < -0.3 is 14.6 Å². The number of carbonyl (C=O) groups is 1. The maximum atomic E-state index is 12.4. The van der Waals surface area contributed by atoms with Crippen LogP contribution in [0.1, 0.15) is 41.5 Å². The van der Waals surface area contributed by atoms with Crippen molar-refractivity contribution in [1.29, 1.82) is 0 Å². The molecular weight excluding hydrogens is 258 g/mol. The van der Waals surface area contributed by atoms with Gasteiger partial charge in [-0.2, -0.15) is 0 Å². The zero-order chi connectivity index (χ0) is 15.7. The van der Waals surface area contributed by atoms with Gasteiger partial charge in [0.05, 0.1) is 18.8 Å². The molecule has 5 heteroatoms. The predicted molar refractivity (Wildman–Crippen MR) is 77.3 cm³/mol. The summed E-state index contributed by atoms with van der Waals surface area (Å²) in [7, 11) is 0. The summed E-state index contributed by atoms with van der Waals surface area (Å²) in [6, 6.07) is -0.437. The summed E-state index contributed by atoms with van der Waals surface area (Å²) in [4.78, 5) is 13.9. The van der Waals surface area contributed by atoms with Crippen LogP contribution in [0.2, 0.25) is 0 Å². The molecule has 5 nitrogen and oxygen atoms in total. The molecule has 0 aromatic heterocycles. The van der Waals surface area contributed by atoms with Crippen LogP contribution in [0.15, 0.2) is 12.7 Å². The molecule has 0 bridgehead atoms. The Morgan fingerprint density at radius 2 is 2.10 bits per heavy atom. The molecule has 1 aliphatic rings. The van der Waals surface area contributed by atoms with Gasteiger partial charge in [0.25, 0.3) is 0 Å². The van der Waals surface area contributed by atoms with E-state index in [1.54, 1.807) is 19.9 Å². The van der Waals surface area contributed by atoms with E-state index in [9.17, 15) is 9.90 Å². The molecule has 0 aromatic carbocycles. The quantitative estimate of drug-likeness (QED) is 0.810. The van der Waals surface area contributed by atoms with Gasteiger partial charge >= 0.3 is 6.09 Å². The first-order chi connectivity index (χ1) is 8.99. The number of amides is 1. The van der Waals surface area contributed by atoms with Gasteiger partial charge in [0.2, 0.25) is 0 Å². The van der Waals surface area contributed by atoms with Crippen LogP contribution in [-0.4, -0.2) is 46.2 Å². The van der Waals surface area contributed by atoms with Gasteiger partial charge in [0, 0.05) is 5.92 Å². The lowest BCUT2D eigenvalue weighted by Crippen LogP contribution is -2.54. The second-order valence-corrected chi connectivity index (χ2v) is 6.76. The highest BCUT2D eigenvalue weighted by molar-refractivity contribution is 5.70. The second-order valence-electron chi connectivity index (χ2n) is 6.76. The number of nitrogens with zero attached hydrogens (tertiary/aromatic N) is 1. The van der Waals surface area contributed by atoms with Gasteiger partial charge in [-0.3, -0.25) is 4.90 Å². The molecule has 1 fully saturated rings. The van der Waals surface area contributed by atoms with Gasteiger partial charge in [0.1, 0.15) is 11.3 Å². The molecule has 1 heterocycles. The van der Waals surface area contributed by atoms with E-state index in [0.29, 0.717) is 0 Å². The third-order valence-corrected chi connectivity index (χ3v) is 3.41. The van der Waals surface area contributed by atoms with Crippen molar-refractivity contribution in [3.63, 3.8) is 0 Å². The first kappa shape index (κ1) is 17.0. The fourth-order valence-electron chi connectivity index (χ4n) is 2.24. The zero-order valence-corrected chi connectivity index (χ0v) is 13.3. The van der Waals surface area contributed by atoms with Crippen molar-refractivity contribution in [3.05, 3.63) is 12.7 Å². The largest absolute Gasteiger partial charge is 0.444 e. The van der Waals surface area contributed by atoms with E-state index in [1.165, 1.54) is 4.90 Å². The van der Waals surface area contributed by atoms with Crippen molar-refractivity contribution in [1.82, 2.24) is 4.90 Å². The standard InChI is InChI=1S/C15H27NO4/c1-8-10(2)12(17)11-9-19-15(6,7)16(11)13(18)20-14(3,4)5/h8,10-12,17H,1,9H2,2-7H3/t10-,11+,12-/m1/s1. The first-order valence-electron chi connectivity index (χ1n) is 6.96. The van der Waals surface area contributed by atoms with Gasteiger partial charge in [-0.25, -0.2) is 4.79 Å². The molecule has 1 rings (SSSR count). The lowest BCUT2D eigenvalue weighted by molar-refractivity contribution is -0.0692. The topological polar surface area (TPSA) is 59.0 Å². The number of hydrogen-bond acceptors (Lipinski definition) is 4. The normalized spacial score (nSPS) is 25.1. The number of rotatable bonds is 3. The fourth-order valence-corrected chi connectivity index (χ4v) is 2.24. The Labute approximate surface area is 121 Å². The summed E-state index contributed by atoms with van der Waals surface area (Å²) < 4.78 is 11.1. The average Bonchev–Trinajstić information content (AvgIpc) is 2.60. The molecule has 0 spiro atoms. The number of aliphatic hydroxyl groups excluding tert-OH is 1. The summed E-state index contributed by atoms with van der Waals surface area (Å²) in [6.07, 6.45) is 0.464. The van der Waals surface area contributed by atoms with Crippen LogP contribution in [-0.2, 0) is 9.47 Å². The zero-order valence-electron chi connectivity index (χ0n) is 13.3. The summed E-state index contributed by atoms with van der Waals surface area (Å²) in [5, 5.41) is 10.4. The molecule has 0 aliphatic carbocycles. The molecule has 20 heavy (non-hydrogen) atoms. The number of carbonyl (C=O) groups excluding carboxylic acids is 1. The second kappa shape index (κ2) is 5.74. The van der Waals surface area contributed by atoms with Crippen LogP contribution in [0.5, 0.6) is 0 Å². The molecule has 1 N–H and O–H groups in total. The molecule has 1 saturated heterocycles. The molecular formula is C15H27NO4. The summed E-state index contributed by atoms with van der Waals surface area (Å²) in [5.74, 6) is -0.137. The molecule has 0 unspecified atom stereocenters. The molecule has 0 aromatic rings. The lowest BCUT2D eigenvalue weighted by Gasteiger charge is -2.37. The van der Waals surface area contributed by atoms with Crippen LogP contribution in [0.4, 0.5) is 4.79 Å². The van der Waals surface area contributed by atoms with Crippen molar-refractivity contribution in [2.24, 2.45) is 5.92 Å². The van der Waals surface area contributed by atoms with Crippen molar-refractivity contribution in [2.45, 2.75) is 65.0 Å². The van der Waals surface area contributed by atoms with E-state index in [-0.39, 0.29) is 12.5 Å². The number of aliphatic hydroxyl groups is 1. The van der Waals surface area contributed by atoms with Crippen molar-refractivity contribution < 1.29 is 19.4 Å². The van der Waals surface area contributed by atoms with E-state index in [1.807, 2.05) is 27.7 Å². The third kappa shape index (κ3) is 3.73. The van der Waals surface area contributed by atoms with Crippen LogP contribution < -0.4 is 0 Å². The van der Waals surface area contributed by atoms with Gasteiger partial charge in [-0.05, 0) is 34.6 Å². The first-order valence-corrected chi connectivity index (χ1v) is 6.96. The lowest BCUT2D eigenvalue weighted by atomic mass is 9.97. The molecule has 1 aliphatic heterocycles. The van der Waals surface area contributed by atoms with Crippen LogP contribution in [0.3, 0.4) is 0 Å². The number of ether oxygens (including phenoxy) is 2. The summed E-state index contributed by atoms with van der Waals surface area (Å²) in [5.41, 5.74) is -1.38. The van der Waals surface area contributed by atoms with Crippen LogP contribution >= 0.6 is 0 Å². The molecule has 116 valence electrons. The SMILES string of the molecule is C=C[C@@H](C)[C@@H](O)[C@@H]1COC(C)(C)N1C(=O)OC(C)(C)C. The average molecular weight is 285 g/mol. The smallest absolute Gasteiger partial charge is 0.412 e. The Balaban J connectivity index is 2.96.